The van der Waals surface area contributed by atoms with Gasteiger partial charge in [0.25, 0.3) is 0 Å². The molecule has 0 aliphatic heterocycles. The minimum absolute atomic E-state index is 0.887. The average Bonchev–Trinajstić information content (AvgIpc) is 3.37. The summed E-state index contributed by atoms with van der Waals surface area (Å²) in [4.78, 5) is 2.27. The van der Waals surface area contributed by atoms with Gasteiger partial charge in [0.1, 0.15) is 5.76 Å². The first-order valence-electron chi connectivity index (χ1n) is 10.0. The fourth-order valence-electron chi connectivity index (χ4n) is 3.67. The molecule has 0 amide bonds. The van der Waals surface area contributed by atoms with E-state index in [1.54, 1.807) is 6.26 Å². The van der Waals surface area contributed by atoms with Gasteiger partial charge >= 0.3 is 0 Å². The van der Waals surface area contributed by atoms with Gasteiger partial charge in [-0.05, 0) is 59.7 Å². The highest BCUT2D eigenvalue weighted by Gasteiger charge is 2.12. The normalized spacial score (nSPS) is 10.7. The molecule has 1 aromatic heterocycles. The minimum Gasteiger partial charge on any atom is -0.464 e. The lowest BCUT2D eigenvalue weighted by Gasteiger charge is -2.25. The zero-order valence-corrected chi connectivity index (χ0v) is 16.5. The molecule has 0 atom stereocenters. The lowest BCUT2D eigenvalue weighted by molar-refractivity contribution is 0.582. The molecule has 30 heavy (non-hydrogen) atoms. The SMILES string of the molecule is c1ccc(N(c2ccccc2)c2ccc(-c3ccc(-c4ccco4)cc3)cc2)cc1. The molecule has 2 nitrogen and oxygen atoms in total. The van der Waals surface area contributed by atoms with Crippen molar-refractivity contribution < 1.29 is 4.42 Å². The molecule has 0 radical (unpaired) electrons. The molecule has 5 aromatic rings. The largest absolute Gasteiger partial charge is 0.464 e. The van der Waals surface area contributed by atoms with Crippen LogP contribution in [0.15, 0.2) is 132 Å². The molecule has 0 unspecified atom stereocenters. The maximum absolute atomic E-state index is 5.49. The highest BCUT2D eigenvalue weighted by Crippen LogP contribution is 2.35. The van der Waals surface area contributed by atoms with Crippen LogP contribution in [0.1, 0.15) is 0 Å². The van der Waals surface area contributed by atoms with Crippen LogP contribution in [0.5, 0.6) is 0 Å². The number of para-hydroxylation sites is 2. The molecule has 0 bridgehead atoms. The van der Waals surface area contributed by atoms with Gasteiger partial charge in [0, 0.05) is 22.6 Å². The van der Waals surface area contributed by atoms with Gasteiger partial charge in [-0.2, -0.15) is 0 Å². The quantitative estimate of drug-likeness (QED) is 0.303. The molecule has 0 fully saturated rings. The first-order chi connectivity index (χ1) is 14.9. The third kappa shape index (κ3) is 3.63. The first kappa shape index (κ1) is 18.0. The van der Waals surface area contributed by atoms with Crippen molar-refractivity contribution >= 4 is 17.1 Å². The van der Waals surface area contributed by atoms with Crippen LogP contribution in [0.2, 0.25) is 0 Å². The number of hydrogen-bond acceptors (Lipinski definition) is 2. The number of hydrogen-bond donors (Lipinski definition) is 0. The summed E-state index contributed by atoms with van der Waals surface area (Å²) in [5, 5.41) is 0. The zero-order chi connectivity index (χ0) is 20.2. The Bertz CT molecular complexity index is 1150. The van der Waals surface area contributed by atoms with Crippen LogP contribution in [-0.2, 0) is 0 Å². The topological polar surface area (TPSA) is 16.4 Å². The molecule has 2 heteroatoms. The summed E-state index contributed by atoms with van der Waals surface area (Å²) >= 11 is 0. The molecule has 4 aromatic carbocycles. The maximum atomic E-state index is 5.49. The standard InChI is InChI=1S/C28H21NO/c1-3-8-25(9-4-1)29(26-10-5-2-6-11-26)27-19-17-23(18-20-27)22-13-15-24(16-14-22)28-12-7-21-30-28/h1-21H. The number of furan rings is 1. The van der Waals surface area contributed by atoms with E-state index in [9.17, 15) is 0 Å². The number of anilines is 3. The maximum Gasteiger partial charge on any atom is 0.133 e. The molecule has 0 saturated carbocycles. The molecular weight excluding hydrogens is 366 g/mol. The lowest BCUT2D eigenvalue weighted by Crippen LogP contribution is -2.09. The van der Waals surface area contributed by atoms with Gasteiger partial charge in [-0.25, -0.2) is 0 Å². The van der Waals surface area contributed by atoms with Gasteiger partial charge in [-0.15, -0.1) is 0 Å². The second kappa shape index (κ2) is 8.14. The Hall–Kier alpha value is -4.04. The van der Waals surface area contributed by atoms with E-state index >= 15 is 0 Å². The smallest absolute Gasteiger partial charge is 0.133 e. The molecule has 1 heterocycles. The van der Waals surface area contributed by atoms with Crippen LogP contribution in [0.4, 0.5) is 17.1 Å². The summed E-state index contributed by atoms with van der Waals surface area (Å²) in [6.07, 6.45) is 1.70. The van der Waals surface area contributed by atoms with Crippen molar-refractivity contribution in [3.63, 3.8) is 0 Å². The van der Waals surface area contributed by atoms with Crippen LogP contribution in [0, 0.1) is 0 Å². The van der Waals surface area contributed by atoms with Gasteiger partial charge in [-0.1, -0.05) is 72.8 Å². The number of rotatable bonds is 5. The molecule has 0 spiro atoms. The summed E-state index contributed by atoms with van der Waals surface area (Å²) in [5.41, 5.74) is 6.86. The Morgan fingerprint density at radius 1 is 0.400 bits per heavy atom. The molecule has 5 rings (SSSR count). The van der Waals surface area contributed by atoms with Crippen molar-refractivity contribution in [2.75, 3.05) is 4.90 Å². The monoisotopic (exact) mass is 387 g/mol. The van der Waals surface area contributed by atoms with Crippen LogP contribution in [0.3, 0.4) is 0 Å². The second-order valence-electron chi connectivity index (χ2n) is 7.11. The highest BCUT2D eigenvalue weighted by atomic mass is 16.3. The van der Waals surface area contributed by atoms with E-state index in [1.165, 1.54) is 11.1 Å². The summed E-state index contributed by atoms with van der Waals surface area (Å²) in [6.45, 7) is 0. The third-order valence-electron chi connectivity index (χ3n) is 5.18. The van der Waals surface area contributed by atoms with Crippen molar-refractivity contribution in [3.05, 3.63) is 128 Å². The van der Waals surface area contributed by atoms with E-state index in [4.69, 9.17) is 4.42 Å². The summed E-state index contributed by atoms with van der Waals surface area (Å²) < 4.78 is 5.49. The van der Waals surface area contributed by atoms with Crippen molar-refractivity contribution in [1.82, 2.24) is 0 Å². The predicted molar refractivity (Wildman–Crippen MR) is 124 cm³/mol. The van der Waals surface area contributed by atoms with Crippen molar-refractivity contribution in [1.29, 1.82) is 0 Å². The third-order valence-corrected chi connectivity index (χ3v) is 5.18. The van der Waals surface area contributed by atoms with E-state index < -0.39 is 0 Å². The highest BCUT2D eigenvalue weighted by molar-refractivity contribution is 5.78. The van der Waals surface area contributed by atoms with E-state index in [-0.39, 0.29) is 0 Å². The van der Waals surface area contributed by atoms with Gasteiger partial charge in [-0.3, -0.25) is 0 Å². The predicted octanol–water partition coefficient (Wildman–Crippen LogP) is 8.08. The Balaban J connectivity index is 1.47. The number of nitrogens with zero attached hydrogens (tertiary/aromatic N) is 1. The van der Waals surface area contributed by atoms with Crippen LogP contribution in [0.25, 0.3) is 22.5 Å². The molecule has 0 aliphatic rings. The van der Waals surface area contributed by atoms with Gasteiger partial charge in [0.05, 0.1) is 6.26 Å². The van der Waals surface area contributed by atoms with Gasteiger partial charge < -0.3 is 9.32 Å². The molecular formula is C28H21NO. The van der Waals surface area contributed by atoms with Crippen LogP contribution >= 0.6 is 0 Å². The van der Waals surface area contributed by atoms with E-state index in [2.05, 4.69) is 102 Å². The fourth-order valence-corrected chi connectivity index (χ4v) is 3.67. The summed E-state index contributed by atoms with van der Waals surface area (Å²) in [7, 11) is 0. The van der Waals surface area contributed by atoms with Gasteiger partial charge in [0.2, 0.25) is 0 Å². The summed E-state index contributed by atoms with van der Waals surface area (Å²) in [5.74, 6) is 0.887. The van der Waals surface area contributed by atoms with E-state index in [1.807, 2.05) is 24.3 Å². The van der Waals surface area contributed by atoms with Gasteiger partial charge in [0.15, 0.2) is 0 Å². The Morgan fingerprint density at radius 3 is 1.37 bits per heavy atom. The molecule has 0 saturated heterocycles. The van der Waals surface area contributed by atoms with Crippen LogP contribution in [-0.4, -0.2) is 0 Å². The average molecular weight is 387 g/mol. The Labute approximate surface area is 176 Å². The van der Waals surface area contributed by atoms with Crippen molar-refractivity contribution in [3.8, 4) is 22.5 Å². The van der Waals surface area contributed by atoms with E-state index in [0.717, 1.165) is 28.4 Å². The second-order valence-corrected chi connectivity index (χ2v) is 7.11. The Kier molecular flexibility index (Phi) is 4.89. The fraction of sp³-hybridized carbons (Fsp3) is 0. The number of benzene rings is 4. The van der Waals surface area contributed by atoms with Crippen molar-refractivity contribution in [2.45, 2.75) is 0 Å². The van der Waals surface area contributed by atoms with E-state index in [0.29, 0.717) is 0 Å². The lowest BCUT2D eigenvalue weighted by atomic mass is 10.0. The minimum atomic E-state index is 0.887. The Morgan fingerprint density at radius 2 is 0.867 bits per heavy atom. The zero-order valence-electron chi connectivity index (χ0n) is 16.5. The first-order valence-corrected chi connectivity index (χ1v) is 10.0. The molecule has 144 valence electrons. The summed E-state index contributed by atoms with van der Waals surface area (Å²) in [6, 6.07) is 42.0. The van der Waals surface area contributed by atoms with Crippen molar-refractivity contribution in [2.24, 2.45) is 0 Å². The molecule has 0 N–H and O–H groups in total. The molecule has 0 aliphatic carbocycles. The van der Waals surface area contributed by atoms with Crippen LogP contribution < -0.4 is 4.90 Å².